The first kappa shape index (κ1) is 12.0. The van der Waals surface area contributed by atoms with Gasteiger partial charge in [-0.05, 0) is 48.3 Å². The molecule has 4 rings (SSSR count). The van der Waals surface area contributed by atoms with Gasteiger partial charge < -0.3 is 0 Å². The third kappa shape index (κ3) is 1.96. The predicted octanol–water partition coefficient (Wildman–Crippen LogP) is 3.95. The Morgan fingerprint density at radius 3 is 2.43 bits per heavy atom. The number of rotatable bonds is 1. The Morgan fingerprint density at radius 2 is 1.57 bits per heavy atom. The number of pyridine rings is 1. The first-order chi connectivity index (χ1) is 10.3. The lowest BCUT2D eigenvalue weighted by molar-refractivity contribution is -0.501. The van der Waals surface area contributed by atoms with Crippen molar-refractivity contribution in [2.75, 3.05) is 0 Å². The molecule has 2 nitrogen and oxygen atoms in total. The lowest BCUT2D eigenvalue weighted by atomic mass is 10.1. The van der Waals surface area contributed by atoms with Gasteiger partial charge in [0.15, 0.2) is 5.52 Å². The lowest BCUT2D eigenvalue weighted by Gasteiger charge is -2.03. The maximum Gasteiger partial charge on any atom is 0.336 e. The summed E-state index contributed by atoms with van der Waals surface area (Å²) in [6.07, 6.45) is 2.07. The second-order valence-corrected chi connectivity index (χ2v) is 5.27. The third-order valence-corrected chi connectivity index (χ3v) is 3.80. The number of fused-ring (bicyclic) bond motifs is 3. The molecule has 0 bridgehead atoms. The molecule has 100 valence electrons. The largest absolute Gasteiger partial charge is 0.336 e. The van der Waals surface area contributed by atoms with Crippen molar-refractivity contribution >= 4 is 16.4 Å². The Bertz CT molecular complexity index is 940. The monoisotopic (exact) mass is 271 g/mol. The van der Waals surface area contributed by atoms with E-state index < -0.39 is 0 Å². The SMILES string of the molecule is Cc1ccc(-c2nc3ccccc3c3cccc[n+]23)cc1. The molecule has 0 aliphatic carbocycles. The number of para-hydroxylation sites is 1. The summed E-state index contributed by atoms with van der Waals surface area (Å²) in [5.74, 6) is 0.976. The van der Waals surface area contributed by atoms with Crippen molar-refractivity contribution in [1.82, 2.24) is 4.98 Å². The lowest BCUT2D eigenvalue weighted by Crippen LogP contribution is -2.26. The van der Waals surface area contributed by atoms with Gasteiger partial charge in [-0.3, -0.25) is 0 Å². The molecule has 0 aliphatic heterocycles. The molecule has 0 atom stereocenters. The van der Waals surface area contributed by atoms with E-state index >= 15 is 0 Å². The third-order valence-electron chi connectivity index (χ3n) is 3.80. The standard InChI is InChI=1S/C19H15N2/c1-14-9-11-15(12-10-14)19-20-17-7-3-2-6-16(17)18-8-4-5-13-21(18)19/h2-13H,1H3/q+1. The molecule has 2 heteroatoms. The van der Waals surface area contributed by atoms with Crippen LogP contribution < -0.4 is 4.40 Å². The Kier molecular flexibility index (Phi) is 2.68. The number of nitrogens with zero attached hydrogens (tertiary/aromatic N) is 2. The van der Waals surface area contributed by atoms with Crippen LogP contribution in [-0.2, 0) is 0 Å². The first-order valence-electron chi connectivity index (χ1n) is 7.09. The van der Waals surface area contributed by atoms with E-state index in [0.717, 1.165) is 16.9 Å². The molecule has 0 saturated heterocycles. The van der Waals surface area contributed by atoms with Crippen LogP contribution in [0.2, 0.25) is 0 Å². The zero-order valence-corrected chi connectivity index (χ0v) is 11.8. The van der Waals surface area contributed by atoms with E-state index in [1.807, 2.05) is 12.1 Å². The molecule has 2 aromatic heterocycles. The van der Waals surface area contributed by atoms with Crippen molar-refractivity contribution in [2.45, 2.75) is 6.92 Å². The minimum Gasteiger partial charge on any atom is -0.195 e. The van der Waals surface area contributed by atoms with E-state index in [-0.39, 0.29) is 0 Å². The number of hydrogen-bond donors (Lipinski definition) is 0. The molecule has 0 aliphatic rings. The van der Waals surface area contributed by atoms with Crippen molar-refractivity contribution < 1.29 is 4.40 Å². The summed E-state index contributed by atoms with van der Waals surface area (Å²) in [5, 5.41) is 1.17. The highest BCUT2D eigenvalue weighted by Crippen LogP contribution is 2.21. The van der Waals surface area contributed by atoms with Crippen LogP contribution in [0.3, 0.4) is 0 Å². The van der Waals surface area contributed by atoms with Gasteiger partial charge in [0.25, 0.3) is 0 Å². The molecule has 0 unspecified atom stereocenters. The molecule has 0 amide bonds. The van der Waals surface area contributed by atoms with E-state index in [2.05, 4.69) is 72.1 Å². The number of benzene rings is 2. The van der Waals surface area contributed by atoms with Crippen molar-refractivity contribution in [3.05, 3.63) is 78.5 Å². The predicted molar refractivity (Wildman–Crippen MR) is 85.1 cm³/mol. The Balaban J connectivity index is 2.13. The van der Waals surface area contributed by atoms with Gasteiger partial charge in [-0.25, -0.2) is 0 Å². The van der Waals surface area contributed by atoms with Gasteiger partial charge >= 0.3 is 5.82 Å². The summed E-state index contributed by atoms with van der Waals surface area (Å²) in [5.41, 5.74) is 4.60. The molecule has 0 fully saturated rings. The number of hydrogen-bond acceptors (Lipinski definition) is 1. The average molecular weight is 271 g/mol. The second kappa shape index (κ2) is 4.67. The smallest absolute Gasteiger partial charge is 0.195 e. The molecule has 2 heterocycles. The maximum absolute atomic E-state index is 4.87. The van der Waals surface area contributed by atoms with Crippen LogP contribution in [0.1, 0.15) is 5.56 Å². The fourth-order valence-electron chi connectivity index (χ4n) is 2.71. The Hall–Kier alpha value is -2.74. The molecular weight excluding hydrogens is 256 g/mol. The summed E-state index contributed by atoms with van der Waals surface area (Å²) in [4.78, 5) is 4.87. The highest BCUT2D eigenvalue weighted by atomic mass is 15.0. The van der Waals surface area contributed by atoms with Crippen LogP contribution in [0.15, 0.2) is 72.9 Å². The fourth-order valence-corrected chi connectivity index (χ4v) is 2.71. The topological polar surface area (TPSA) is 17.0 Å². The molecule has 21 heavy (non-hydrogen) atoms. The molecule has 0 N–H and O–H groups in total. The highest BCUT2D eigenvalue weighted by molar-refractivity contribution is 5.91. The Morgan fingerprint density at radius 1 is 0.810 bits per heavy atom. The minimum atomic E-state index is 0.976. The summed E-state index contributed by atoms with van der Waals surface area (Å²) in [6, 6.07) is 23.1. The van der Waals surface area contributed by atoms with Gasteiger partial charge in [-0.2, -0.15) is 4.40 Å². The van der Waals surface area contributed by atoms with Gasteiger partial charge in [0, 0.05) is 0 Å². The summed E-state index contributed by atoms with van der Waals surface area (Å²) >= 11 is 0. The van der Waals surface area contributed by atoms with Crippen LogP contribution in [-0.4, -0.2) is 4.98 Å². The quantitative estimate of drug-likeness (QED) is 0.378. The van der Waals surface area contributed by atoms with Crippen molar-refractivity contribution in [3.8, 4) is 11.4 Å². The van der Waals surface area contributed by atoms with Crippen LogP contribution in [0, 0.1) is 6.92 Å². The fraction of sp³-hybridized carbons (Fsp3) is 0.0526. The molecule has 2 aromatic carbocycles. The van der Waals surface area contributed by atoms with E-state index in [9.17, 15) is 0 Å². The van der Waals surface area contributed by atoms with Crippen LogP contribution >= 0.6 is 0 Å². The van der Waals surface area contributed by atoms with Crippen LogP contribution in [0.25, 0.3) is 27.8 Å². The number of aromatic nitrogens is 2. The summed E-state index contributed by atoms with van der Waals surface area (Å²) < 4.78 is 2.16. The van der Waals surface area contributed by atoms with E-state index in [4.69, 9.17) is 4.98 Å². The van der Waals surface area contributed by atoms with Crippen LogP contribution in [0.4, 0.5) is 0 Å². The Labute approximate surface area is 123 Å². The van der Waals surface area contributed by atoms with Gasteiger partial charge in [0.1, 0.15) is 5.52 Å². The van der Waals surface area contributed by atoms with Gasteiger partial charge in [-0.15, -0.1) is 0 Å². The zero-order chi connectivity index (χ0) is 14.2. The molecule has 0 radical (unpaired) electrons. The van der Waals surface area contributed by atoms with Crippen LogP contribution in [0.5, 0.6) is 0 Å². The van der Waals surface area contributed by atoms with Gasteiger partial charge in [-0.1, -0.05) is 35.9 Å². The molecule has 0 saturated carbocycles. The van der Waals surface area contributed by atoms with Gasteiger partial charge in [0.2, 0.25) is 0 Å². The highest BCUT2D eigenvalue weighted by Gasteiger charge is 2.17. The van der Waals surface area contributed by atoms with E-state index in [1.54, 1.807) is 0 Å². The minimum absolute atomic E-state index is 0.976. The normalized spacial score (nSPS) is 11.1. The van der Waals surface area contributed by atoms with Gasteiger partial charge in [0.05, 0.1) is 17.1 Å². The average Bonchev–Trinajstić information content (AvgIpc) is 2.55. The number of aryl methyl sites for hydroxylation is 1. The van der Waals surface area contributed by atoms with Crippen molar-refractivity contribution in [1.29, 1.82) is 0 Å². The summed E-state index contributed by atoms with van der Waals surface area (Å²) in [7, 11) is 0. The molecule has 4 aromatic rings. The maximum atomic E-state index is 4.87. The van der Waals surface area contributed by atoms with E-state index in [1.165, 1.54) is 16.5 Å². The van der Waals surface area contributed by atoms with E-state index in [0.29, 0.717) is 0 Å². The van der Waals surface area contributed by atoms with Crippen molar-refractivity contribution in [2.24, 2.45) is 0 Å². The zero-order valence-electron chi connectivity index (χ0n) is 11.8. The second-order valence-electron chi connectivity index (χ2n) is 5.27. The summed E-state index contributed by atoms with van der Waals surface area (Å²) in [6.45, 7) is 2.10. The molecular formula is C19H15N2+. The first-order valence-corrected chi connectivity index (χ1v) is 7.09. The molecule has 0 spiro atoms. The van der Waals surface area contributed by atoms with Crippen molar-refractivity contribution in [3.63, 3.8) is 0 Å².